The van der Waals surface area contributed by atoms with Crippen LogP contribution in [0, 0.1) is 23.2 Å². The second-order valence-electron chi connectivity index (χ2n) is 4.92. The van der Waals surface area contributed by atoms with Gasteiger partial charge >= 0.3 is 0 Å². The largest absolute Gasteiger partial charge is 0.380 e. The quantitative estimate of drug-likeness (QED) is 0.757. The summed E-state index contributed by atoms with van der Waals surface area (Å²) in [6.45, 7) is 0. The fourth-order valence-corrected chi connectivity index (χ4v) is 2.96. The van der Waals surface area contributed by atoms with Crippen LogP contribution in [0.5, 0.6) is 0 Å². The van der Waals surface area contributed by atoms with Gasteiger partial charge in [0.05, 0.1) is 17.7 Å². The highest BCUT2D eigenvalue weighted by molar-refractivity contribution is 5.39. The molecule has 0 saturated heterocycles. The number of ether oxygens (including phenoxy) is 1. The molecule has 1 aromatic rings. The number of hydrogen-bond donors (Lipinski definition) is 0. The molecule has 2 heteroatoms. The maximum Gasteiger partial charge on any atom is 0.0991 e. The predicted molar refractivity (Wildman–Crippen MR) is 69.9 cm³/mol. The molecule has 3 atom stereocenters. The number of methoxy groups -OCH3 is 1. The van der Waals surface area contributed by atoms with Crippen LogP contribution in [0.4, 0.5) is 0 Å². The zero-order valence-electron chi connectivity index (χ0n) is 10.3. The summed E-state index contributed by atoms with van der Waals surface area (Å²) < 4.78 is 5.54. The molecule has 3 rings (SSSR count). The van der Waals surface area contributed by atoms with E-state index in [2.05, 4.69) is 24.3 Å². The number of fused-ring (bicyclic) bond motifs is 2. The average Bonchev–Trinajstić information content (AvgIpc) is 2.96. The van der Waals surface area contributed by atoms with E-state index in [0.717, 1.165) is 12.0 Å². The second kappa shape index (κ2) is 4.44. The summed E-state index contributed by atoms with van der Waals surface area (Å²) in [6.07, 6.45) is 8.09. The van der Waals surface area contributed by atoms with Crippen LogP contribution in [0.1, 0.15) is 11.1 Å². The Labute approximate surface area is 107 Å². The molecule has 0 fully saturated rings. The number of hydrogen-bond acceptors (Lipinski definition) is 2. The van der Waals surface area contributed by atoms with Crippen molar-refractivity contribution >= 4 is 0 Å². The molecule has 1 aromatic carbocycles. The monoisotopic (exact) mass is 237 g/mol. The van der Waals surface area contributed by atoms with E-state index in [1.54, 1.807) is 7.11 Å². The molecule has 0 spiro atoms. The van der Waals surface area contributed by atoms with Gasteiger partial charge in [-0.2, -0.15) is 5.26 Å². The van der Waals surface area contributed by atoms with Crippen molar-refractivity contribution in [2.75, 3.05) is 7.11 Å². The predicted octanol–water partition coefficient (Wildman–Crippen LogP) is 2.86. The second-order valence-corrected chi connectivity index (χ2v) is 4.92. The maximum absolute atomic E-state index is 8.78. The molecule has 0 amide bonds. The van der Waals surface area contributed by atoms with Gasteiger partial charge in [0, 0.05) is 18.9 Å². The van der Waals surface area contributed by atoms with E-state index in [1.165, 1.54) is 11.1 Å². The molecule has 0 heterocycles. The molecule has 0 aromatic heterocycles. The Balaban J connectivity index is 1.75. The summed E-state index contributed by atoms with van der Waals surface area (Å²) >= 11 is 0. The molecule has 0 radical (unpaired) electrons. The van der Waals surface area contributed by atoms with Gasteiger partial charge in [-0.05, 0) is 24.1 Å². The Hall–Kier alpha value is -1.85. The van der Waals surface area contributed by atoms with E-state index in [4.69, 9.17) is 10.00 Å². The average molecular weight is 237 g/mol. The Morgan fingerprint density at radius 3 is 2.61 bits per heavy atom. The molecule has 18 heavy (non-hydrogen) atoms. The number of nitrogens with zero attached hydrogens (tertiary/aromatic N) is 1. The van der Waals surface area contributed by atoms with Gasteiger partial charge in [0.25, 0.3) is 0 Å². The summed E-state index contributed by atoms with van der Waals surface area (Å²) in [5.74, 6) is 0.893. The van der Waals surface area contributed by atoms with E-state index in [9.17, 15) is 0 Å². The zero-order chi connectivity index (χ0) is 12.5. The maximum atomic E-state index is 8.78. The van der Waals surface area contributed by atoms with Gasteiger partial charge in [0.2, 0.25) is 0 Å². The van der Waals surface area contributed by atoms with E-state index < -0.39 is 0 Å². The fraction of sp³-hybridized carbons (Fsp3) is 0.312. The van der Waals surface area contributed by atoms with Crippen LogP contribution < -0.4 is 0 Å². The highest BCUT2D eigenvalue weighted by atomic mass is 16.5. The van der Waals surface area contributed by atoms with Crippen molar-refractivity contribution in [2.45, 2.75) is 12.5 Å². The van der Waals surface area contributed by atoms with E-state index in [0.29, 0.717) is 17.9 Å². The SMILES string of the molecule is CO[C@H]1[C@H]2C=C[C@@H]1C(Cc1ccc(C#N)cc1)=C2. The van der Waals surface area contributed by atoms with Crippen LogP contribution in [0.15, 0.2) is 48.1 Å². The molecular weight excluding hydrogens is 222 g/mol. The Morgan fingerprint density at radius 1 is 1.22 bits per heavy atom. The first-order valence-corrected chi connectivity index (χ1v) is 6.22. The van der Waals surface area contributed by atoms with Gasteiger partial charge in [-0.1, -0.05) is 35.9 Å². The van der Waals surface area contributed by atoms with Gasteiger partial charge in [-0.3, -0.25) is 0 Å². The number of rotatable bonds is 3. The Kier molecular flexibility index (Phi) is 2.77. The summed E-state index contributed by atoms with van der Waals surface area (Å²) in [5.41, 5.74) is 3.42. The van der Waals surface area contributed by atoms with Crippen molar-refractivity contribution in [3.8, 4) is 6.07 Å². The molecular formula is C16H15NO. The molecule has 2 aliphatic carbocycles. The first-order valence-electron chi connectivity index (χ1n) is 6.22. The van der Waals surface area contributed by atoms with E-state index >= 15 is 0 Å². The third-order valence-electron chi connectivity index (χ3n) is 3.87. The third-order valence-corrected chi connectivity index (χ3v) is 3.87. The highest BCUT2D eigenvalue weighted by Crippen LogP contribution is 2.41. The minimum atomic E-state index is 0.304. The van der Waals surface area contributed by atoms with Crippen LogP contribution in [0.25, 0.3) is 0 Å². The van der Waals surface area contributed by atoms with Gasteiger partial charge in [-0.15, -0.1) is 0 Å². The van der Waals surface area contributed by atoms with Gasteiger partial charge in [0.1, 0.15) is 0 Å². The van der Waals surface area contributed by atoms with Crippen LogP contribution in [-0.4, -0.2) is 13.2 Å². The summed E-state index contributed by atoms with van der Waals surface area (Å²) in [6, 6.07) is 9.99. The summed E-state index contributed by atoms with van der Waals surface area (Å²) in [7, 11) is 1.79. The summed E-state index contributed by atoms with van der Waals surface area (Å²) in [5, 5.41) is 8.78. The van der Waals surface area contributed by atoms with Gasteiger partial charge < -0.3 is 4.74 Å². The lowest BCUT2D eigenvalue weighted by atomic mass is 9.94. The lowest BCUT2D eigenvalue weighted by Gasteiger charge is -2.16. The topological polar surface area (TPSA) is 33.0 Å². The minimum Gasteiger partial charge on any atom is -0.380 e. The van der Waals surface area contributed by atoms with Crippen molar-refractivity contribution in [1.82, 2.24) is 0 Å². The zero-order valence-corrected chi connectivity index (χ0v) is 10.3. The Bertz CT molecular complexity index is 547. The lowest BCUT2D eigenvalue weighted by molar-refractivity contribution is 0.0778. The van der Waals surface area contributed by atoms with E-state index in [-0.39, 0.29) is 0 Å². The molecule has 2 nitrogen and oxygen atoms in total. The normalized spacial score (nSPS) is 28.2. The molecule has 2 aliphatic rings. The molecule has 0 saturated carbocycles. The van der Waals surface area contributed by atoms with Crippen molar-refractivity contribution in [3.05, 3.63) is 59.2 Å². The third kappa shape index (κ3) is 1.77. The van der Waals surface area contributed by atoms with Crippen LogP contribution in [0.3, 0.4) is 0 Å². The first-order chi connectivity index (χ1) is 8.81. The fourth-order valence-electron chi connectivity index (χ4n) is 2.96. The van der Waals surface area contributed by atoms with Crippen molar-refractivity contribution in [2.24, 2.45) is 11.8 Å². The lowest BCUT2D eigenvalue weighted by Crippen LogP contribution is -2.19. The van der Waals surface area contributed by atoms with Crippen LogP contribution >= 0.6 is 0 Å². The summed E-state index contributed by atoms with van der Waals surface area (Å²) in [4.78, 5) is 0. The van der Waals surface area contributed by atoms with Gasteiger partial charge in [0.15, 0.2) is 0 Å². The molecule has 0 unspecified atom stereocenters. The van der Waals surface area contributed by atoms with Crippen LogP contribution in [-0.2, 0) is 11.2 Å². The number of benzene rings is 1. The van der Waals surface area contributed by atoms with Crippen molar-refractivity contribution in [1.29, 1.82) is 5.26 Å². The Morgan fingerprint density at radius 2 is 2.00 bits per heavy atom. The van der Waals surface area contributed by atoms with Gasteiger partial charge in [-0.25, -0.2) is 0 Å². The smallest absolute Gasteiger partial charge is 0.0991 e. The van der Waals surface area contributed by atoms with Crippen LogP contribution in [0.2, 0.25) is 0 Å². The van der Waals surface area contributed by atoms with Crippen molar-refractivity contribution < 1.29 is 4.74 Å². The number of nitriles is 1. The molecule has 0 N–H and O–H groups in total. The molecule has 90 valence electrons. The molecule has 0 aliphatic heterocycles. The minimum absolute atomic E-state index is 0.304. The molecule has 2 bridgehead atoms. The first kappa shape index (κ1) is 11.3. The standard InChI is InChI=1S/C16H15NO/c1-18-16-13-6-7-15(16)14(9-13)8-11-2-4-12(10-17)5-3-11/h2-7,9,13,15-16H,8H2,1H3/t13-,15+,16-/m0/s1. The van der Waals surface area contributed by atoms with Crippen molar-refractivity contribution in [3.63, 3.8) is 0 Å². The van der Waals surface area contributed by atoms with E-state index in [1.807, 2.05) is 24.3 Å². The highest BCUT2D eigenvalue weighted by Gasteiger charge is 2.38.